The Labute approximate surface area is 117 Å². The molecule has 1 aromatic heterocycles. The zero-order valence-corrected chi connectivity index (χ0v) is 11.6. The molecule has 3 nitrogen and oxygen atoms in total. The molecule has 0 unspecified atom stereocenters. The van der Waals surface area contributed by atoms with Crippen molar-refractivity contribution in [1.29, 1.82) is 0 Å². The van der Waals surface area contributed by atoms with Crippen LogP contribution < -0.4 is 11.1 Å². The highest BCUT2D eigenvalue weighted by molar-refractivity contribution is 9.10. The molecule has 0 bridgehead atoms. The minimum atomic E-state index is 0.524. The van der Waals surface area contributed by atoms with Crippen LogP contribution in [0.15, 0.2) is 34.9 Å². The fourth-order valence-corrected chi connectivity index (χ4v) is 1.97. The summed E-state index contributed by atoms with van der Waals surface area (Å²) in [5, 5.41) is 4.18. The standard InChI is InChI=1S/C11H8BrCl2N3/c12-6-3-9(15)11(16-5-6)17-10-4-7(13)1-2-8(10)14/h1-5H,15H2,(H,16,17). The number of hydrogen-bond donors (Lipinski definition) is 2. The molecule has 0 radical (unpaired) electrons. The van der Waals surface area contributed by atoms with Crippen LogP contribution in [-0.2, 0) is 0 Å². The Morgan fingerprint density at radius 2 is 2.00 bits per heavy atom. The Kier molecular flexibility index (Phi) is 3.76. The fraction of sp³-hybridized carbons (Fsp3) is 0. The van der Waals surface area contributed by atoms with Crippen molar-refractivity contribution in [2.45, 2.75) is 0 Å². The van der Waals surface area contributed by atoms with Gasteiger partial charge in [0, 0.05) is 15.7 Å². The third-order valence-corrected chi connectivity index (χ3v) is 3.06. The Morgan fingerprint density at radius 1 is 1.24 bits per heavy atom. The molecule has 0 aliphatic rings. The smallest absolute Gasteiger partial charge is 0.153 e. The Balaban J connectivity index is 2.34. The molecular weight excluding hydrogens is 325 g/mol. The summed E-state index contributed by atoms with van der Waals surface area (Å²) < 4.78 is 0.817. The van der Waals surface area contributed by atoms with Gasteiger partial charge < -0.3 is 11.1 Å². The molecule has 0 saturated heterocycles. The number of nitrogen functional groups attached to an aromatic ring is 1. The summed E-state index contributed by atoms with van der Waals surface area (Å²) >= 11 is 15.2. The monoisotopic (exact) mass is 331 g/mol. The molecule has 17 heavy (non-hydrogen) atoms. The number of aromatic nitrogens is 1. The van der Waals surface area contributed by atoms with E-state index in [9.17, 15) is 0 Å². The first-order valence-corrected chi connectivity index (χ1v) is 6.24. The van der Waals surface area contributed by atoms with Gasteiger partial charge in [-0.1, -0.05) is 23.2 Å². The van der Waals surface area contributed by atoms with Crippen molar-refractivity contribution >= 4 is 56.3 Å². The van der Waals surface area contributed by atoms with E-state index in [0.717, 1.165) is 4.47 Å². The summed E-state index contributed by atoms with van der Waals surface area (Å²) in [6.07, 6.45) is 1.65. The molecule has 0 aliphatic carbocycles. The van der Waals surface area contributed by atoms with Crippen LogP contribution in [0.4, 0.5) is 17.2 Å². The van der Waals surface area contributed by atoms with Gasteiger partial charge in [0.15, 0.2) is 5.82 Å². The SMILES string of the molecule is Nc1cc(Br)cnc1Nc1cc(Cl)ccc1Cl. The van der Waals surface area contributed by atoms with Crippen LogP contribution in [0.25, 0.3) is 0 Å². The van der Waals surface area contributed by atoms with E-state index in [2.05, 4.69) is 26.2 Å². The molecule has 88 valence electrons. The average molecular weight is 333 g/mol. The zero-order chi connectivity index (χ0) is 12.4. The second-order valence-corrected chi connectivity index (χ2v) is 5.10. The van der Waals surface area contributed by atoms with Gasteiger partial charge in [0.05, 0.1) is 16.4 Å². The van der Waals surface area contributed by atoms with E-state index in [1.807, 2.05) is 0 Å². The molecule has 1 heterocycles. The van der Waals surface area contributed by atoms with E-state index in [1.165, 1.54) is 0 Å². The fourth-order valence-electron chi connectivity index (χ4n) is 1.28. The van der Waals surface area contributed by atoms with Gasteiger partial charge in [-0.2, -0.15) is 0 Å². The van der Waals surface area contributed by atoms with Crippen LogP contribution in [0, 0.1) is 0 Å². The summed E-state index contributed by atoms with van der Waals surface area (Å²) in [4.78, 5) is 4.16. The highest BCUT2D eigenvalue weighted by Crippen LogP contribution is 2.30. The van der Waals surface area contributed by atoms with Crippen molar-refractivity contribution in [2.75, 3.05) is 11.1 Å². The van der Waals surface area contributed by atoms with Gasteiger partial charge in [-0.25, -0.2) is 4.98 Å². The first-order valence-electron chi connectivity index (χ1n) is 4.69. The maximum Gasteiger partial charge on any atom is 0.153 e. The predicted octanol–water partition coefficient (Wildman–Crippen LogP) is 4.48. The number of benzene rings is 1. The van der Waals surface area contributed by atoms with Gasteiger partial charge in [0.2, 0.25) is 0 Å². The van der Waals surface area contributed by atoms with Crippen molar-refractivity contribution in [2.24, 2.45) is 0 Å². The first-order chi connectivity index (χ1) is 8.06. The first kappa shape index (κ1) is 12.5. The Hall–Kier alpha value is -0.970. The quantitative estimate of drug-likeness (QED) is 0.852. The normalized spacial score (nSPS) is 10.3. The molecule has 2 rings (SSSR count). The van der Waals surface area contributed by atoms with Gasteiger partial charge in [0.25, 0.3) is 0 Å². The number of rotatable bonds is 2. The second kappa shape index (κ2) is 5.12. The lowest BCUT2D eigenvalue weighted by molar-refractivity contribution is 1.30. The number of nitrogens with zero attached hydrogens (tertiary/aromatic N) is 1. The highest BCUT2D eigenvalue weighted by Gasteiger charge is 2.05. The second-order valence-electron chi connectivity index (χ2n) is 3.34. The molecule has 1 aromatic carbocycles. The number of halogens is 3. The third-order valence-electron chi connectivity index (χ3n) is 2.07. The van der Waals surface area contributed by atoms with E-state index in [4.69, 9.17) is 28.9 Å². The van der Waals surface area contributed by atoms with Crippen LogP contribution >= 0.6 is 39.1 Å². The third kappa shape index (κ3) is 3.03. The summed E-state index contributed by atoms with van der Waals surface area (Å²) in [5.74, 6) is 0.539. The molecule has 0 aliphatic heterocycles. The van der Waals surface area contributed by atoms with Crippen molar-refractivity contribution in [3.63, 3.8) is 0 Å². The lowest BCUT2D eigenvalue weighted by Crippen LogP contribution is -1.99. The minimum absolute atomic E-state index is 0.524. The molecule has 0 amide bonds. The lowest BCUT2D eigenvalue weighted by atomic mass is 10.3. The van der Waals surface area contributed by atoms with Gasteiger partial charge in [-0.05, 0) is 40.2 Å². The van der Waals surface area contributed by atoms with Crippen LogP contribution in [0.5, 0.6) is 0 Å². The largest absolute Gasteiger partial charge is 0.396 e. The molecule has 0 spiro atoms. The van der Waals surface area contributed by atoms with Crippen molar-refractivity contribution in [3.8, 4) is 0 Å². The van der Waals surface area contributed by atoms with E-state index >= 15 is 0 Å². The topological polar surface area (TPSA) is 50.9 Å². The molecule has 0 atom stereocenters. The van der Waals surface area contributed by atoms with Crippen molar-refractivity contribution in [1.82, 2.24) is 4.98 Å². The number of nitrogens with two attached hydrogens (primary N) is 1. The molecule has 3 N–H and O–H groups in total. The highest BCUT2D eigenvalue weighted by atomic mass is 79.9. The van der Waals surface area contributed by atoms with Crippen LogP contribution in [-0.4, -0.2) is 4.98 Å². The molecule has 0 saturated carbocycles. The van der Waals surface area contributed by atoms with Crippen molar-refractivity contribution < 1.29 is 0 Å². The maximum atomic E-state index is 6.03. The lowest BCUT2D eigenvalue weighted by Gasteiger charge is -2.10. The summed E-state index contributed by atoms with van der Waals surface area (Å²) in [7, 11) is 0. The predicted molar refractivity (Wildman–Crippen MR) is 76.1 cm³/mol. The van der Waals surface area contributed by atoms with Gasteiger partial charge >= 0.3 is 0 Å². The van der Waals surface area contributed by atoms with E-state index in [-0.39, 0.29) is 0 Å². The van der Waals surface area contributed by atoms with E-state index in [1.54, 1.807) is 30.5 Å². The molecule has 0 fully saturated rings. The van der Waals surface area contributed by atoms with Gasteiger partial charge in [-0.3, -0.25) is 0 Å². The minimum Gasteiger partial charge on any atom is -0.396 e. The number of hydrogen-bond acceptors (Lipinski definition) is 3. The zero-order valence-electron chi connectivity index (χ0n) is 8.55. The van der Waals surface area contributed by atoms with Crippen LogP contribution in [0.1, 0.15) is 0 Å². The average Bonchev–Trinajstić information content (AvgIpc) is 2.27. The summed E-state index contributed by atoms with van der Waals surface area (Å²) in [5.41, 5.74) is 7.02. The molecule has 6 heteroatoms. The number of pyridine rings is 1. The van der Waals surface area contributed by atoms with Crippen LogP contribution in [0.2, 0.25) is 10.0 Å². The molecular formula is C11H8BrCl2N3. The summed E-state index contributed by atoms with van der Waals surface area (Å²) in [6, 6.07) is 6.90. The molecule has 2 aromatic rings. The summed E-state index contributed by atoms with van der Waals surface area (Å²) in [6.45, 7) is 0. The Morgan fingerprint density at radius 3 is 2.71 bits per heavy atom. The van der Waals surface area contributed by atoms with E-state index in [0.29, 0.717) is 27.2 Å². The number of nitrogens with one attached hydrogen (secondary N) is 1. The maximum absolute atomic E-state index is 6.03. The van der Waals surface area contributed by atoms with Crippen LogP contribution in [0.3, 0.4) is 0 Å². The van der Waals surface area contributed by atoms with E-state index < -0.39 is 0 Å². The van der Waals surface area contributed by atoms with Gasteiger partial charge in [0.1, 0.15) is 0 Å². The number of anilines is 3. The van der Waals surface area contributed by atoms with Gasteiger partial charge in [-0.15, -0.1) is 0 Å². The Bertz CT molecular complexity index is 560. The van der Waals surface area contributed by atoms with Crippen molar-refractivity contribution in [3.05, 3.63) is 45.0 Å².